The summed E-state index contributed by atoms with van der Waals surface area (Å²) in [6.45, 7) is 11.9. The molecule has 3 aromatic rings. The number of nitrogens with zero attached hydrogens (tertiary/aromatic N) is 3. The van der Waals surface area contributed by atoms with Gasteiger partial charge in [-0.3, -0.25) is 9.78 Å². The first-order chi connectivity index (χ1) is 16.5. The number of fused-ring (bicyclic) bond motifs is 1. The maximum absolute atomic E-state index is 10.9. The van der Waals surface area contributed by atoms with Crippen LogP contribution in [0.5, 0.6) is 0 Å². The summed E-state index contributed by atoms with van der Waals surface area (Å²) in [6.07, 6.45) is 2.57. The molecular formula is C27H35N3O4. The second-order valence-electron chi connectivity index (χ2n) is 9.55. The largest absolute Gasteiger partial charge is 0.467 e. The highest BCUT2D eigenvalue weighted by atomic mass is 16.5. The zero-order valence-electron chi connectivity index (χ0n) is 20.7. The van der Waals surface area contributed by atoms with Gasteiger partial charge in [0.25, 0.3) is 6.47 Å². The highest BCUT2D eigenvalue weighted by Gasteiger charge is 2.28. The summed E-state index contributed by atoms with van der Waals surface area (Å²) in [4.78, 5) is 18.0. The molecule has 4 rings (SSSR count). The molecule has 7 nitrogen and oxygen atoms in total. The molecule has 0 N–H and O–H groups in total. The zero-order chi connectivity index (χ0) is 24.1. The van der Waals surface area contributed by atoms with Crippen molar-refractivity contribution < 1.29 is 19.0 Å². The van der Waals surface area contributed by atoms with E-state index in [1.807, 2.05) is 12.3 Å². The summed E-state index contributed by atoms with van der Waals surface area (Å²) in [5.41, 5.74) is 6.58. The third kappa shape index (κ3) is 4.95. The first kappa shape index (κ1) is 24.2. The number of morpholine rings is 1. The van der Waals surface area contributed by atoms with Crippen molar-refractivity contribution >= 4 is 23.1 Å². The number of carbonyl (C=O) groups excluding carboxylic acids is 1. The Morgan fingerprint density at radius 1 is 1.21 bits per heavy atom. The second kappa shape index (κ2) is 10.6. The lowest BCUT2D eigenvalue weighted by Gasteiger charge is -2.29. The summed E-state index contributed by atoms with van der Waals surface area (Å²) in [5.74, 6) is 0. The van der Waals surface area contributed by atoms with Crippen molar-refractivity contribution in [2.75, 3.05) is 44.9 Å². The van der Waals surface area contributed by atoms with Gasteiger partial charge in [0.1, 0.15) is 0 Å². The van der Waals surface area contributed by atoms with Crippen molar-refractivity contribution in [3.05, 3.63) is 47.8 Å². The summed E-state index contributed by atoms with van der Waals surface area (Å²) in [6, 6.07) is 10.9. The Bertz CT molecular complexity index is 1130. The molecule has 1 aliphatic heterocycles. The Labute approximate surface area is 201 Å². The van der Waals surface area contributed by atoms with Crippen LogP contribution in [0.15, 0.2) is 36.5 Å². The van der Waals surface area contributed by atoms with Crippen LogP contribution in [0.2, 0.25) is 0 Å². The summed E-state index contributed by atoms with van der Waals surface area (Å²) in [5, 5.41) is 1.23. The highest BCUT2D eigenvalue weighted by molar-refractivity contribution is 5.94. The van der Waals surface area contributed by atoms with Crippen molar-refractivity contribution in [2.24, 2.45) is 5.41 Å². The van der Waals surface area contributed by atoms with E-state index in [9.17, 15) is 4.79 Å². The Morgan fingerprint density at radius 2 is 2.00 bits per heavy atom. The lowest BCUT2D eigenvalue weighted by molar-refractivity contribution is -0.131. The van der Waals surface area contributed by atoms with E-state index in [-0.39, 0.29) is 5.41 Å². The predicted octanol–water partition coefficient (Wildman–Crippen LogP) is 4.45. The Balaban J connectivity index is 1.93. The van der Waals surface area contributed by atoms with E-state index in [4.69, 9.17) is 14.2 Å². The molecule has 0 unspecified atom stereocenters. The zero-order valence-corrected chi connectivity index (χ0v) is 20.7. The van der Waals surface area contributed by atoms with Gasteiger partial charge in [0.15, 0.2) is 0 Å². The summed E-state index contributed by atoms with van der Waals surface area (Å²) < 4.78 is 18.6. The van der Waals surface area contributed by atoms with E-state index in [1.54, 1.807) is 7.11 Å². The van der Waals surface area contributed by atoms with Crippen molar-refractivity contribution in [1.82, 2.24) is 9.55 Å². The van der Waals surface area contributed by atoms with Crippen LogP contribution in [-0.2, 0) is 38.6 Å². The minimum atomic E-state index is -0.235. The number of anilines is 1. The molecule has 0 saturated carbocycles. The van der Waals surface area contributed by atoms with Gasteiger partial charge in [-0.25, -0.2) is 0 Å². The maximum atomic E-state index is 10.9. The molecule has 1 aromatic carbocycles. The number of hydrogen-bond donors (Lipinski definition) is 0. The van der Waals surface area contributed by atoms with Crippen LogP contribution in [0.1, 0.15) is 32.0 Å². The number of hydrogen-bond acceptors (Lipinski definition) is 6. The molecule has 7 heteroatoms. The SMILES string of the molecule is CCn1c(-c2cccnc2COC)c(CC(C)(C)COC=O)c2cc(N3CCOCC3)ccc21. The van der Waals surface area contributed by atoms with Gasteiger partial charge in [-0.15, -0.1) is 0 Å². The topological polar surface area (TPSA) is 65.8 Å². The Morgan fingerprint density at radius 3 is 2.71 bits per heavy atom. The molecular weight excluding hydrogens is 430 g/mol. The van der Waals surface area contributed by atoms with Crippen molar-refractivity contribution in [1.29, 1.82) is 0 Å². The molecule has 1 fully saturated rings. The second-order valence-corrected chi connectivity index (χ2v) is 9.55. The van der Waals surface area contributed by atoms with Crippen molar-refractivity contribution in [3.63, 3.8) is 0 Å². The lowest BCUT2D eigenvalue weighted by atomic mass is 9.84. The number of carbonyl (C=O) groups is 1. The number of aromatic nitrogens is 2. The molecule has 0 atom stereocenters. The van der Waals surface area contributed by atoms with Gasteiger partial charge in [0, 0.05) is 60.5 Å². The normalized spacial score (nSPS) is 14.5. The van der Waals surface area contributed by atoms with Crippen LogP contribution >= 0.6 is 0 Å². The quantitative estimate of drug-likeness (QED) is 0.412. The molecule has 0 amide bonds. The molecule has 0 bridgehead atoms. The average Bonchev–Trinajstić information content (AvgIpc) is 3.15. The Kier molecular flexibility index (Phi) is 7.54. The van der Waals surface area contributed by atoms with E-state index in [2.05, 4.69) is 59.5 Å². The molecule has 0 spiro atoms. The van der Waals surface area contributed by atoms with Gasteiger partial charge in [0.2, 0.25) is 0 Å². The molecule has 2 aromatic heterocycles. The lowest BCUT2D eigenvalue weighted by Crippen LogP contribution is -2.36. The van der Waals surface area contributed by atoms with E-state index in [0.717, 1.165) is 56.2 Å². The van der Waals surface area contributed by atoms with E-state index >= 15 is 0 Å². The smallest absolute Gasteiger partial charge is 0.293 e. The number of aryl methyl sites for hydroxylation is 1. The number of pyridine rings is 1. The fourth-order valence-electron chi connectivity index (χ4n) is 4.94. The molecule has 0 radical (unpaired) electrons. The minimum absolute atomic E-state index is 0.235. The van der Waals surface area contributed by atoms with Crippen LogP contribution in [0.4, 0.5) is 5.69 Å². The van der Waals surface area contributed by atoms with Crippen LogP contribution in [0.3, 0.4) is 0 Å². The molecule has 1 saturated heterocycles. The minimum Gasteiger partial charge on any atom is -0.467 e. The first-order valence-electron chi connectivity index (χ1n) is 12.0. The van der Waals surface area contributed by atoms with Gasteiger partial charge in [-0.1, -0.05) is 13.8 Å². The number of benzene rings is 1. The fraction of sp³-hybridized carbons (Fsp3) is 0.481. The molecule has 34 heavy (non-hydrogen) atoms. The average molecular weight is 466 g/mol. The fourth-order valence-corrected chi connectivity index (χ4v) is 4.94. The molecule has 182 valence electrons. The third-order valence-electron chi connectivity index (χ3n) is 6.47. The molecule has 3 heterocycles. The standard InChI is InChI=1S/C27H35N3O4/c1-5-30-25-9-8-20(29-11-13-33-14-12-29)15-22(25)23(16-27(2,3)18-34-19-31)26(30)21-7-6-10-28-24(21)17-32-4/h6-10,15,19H,5,11-14,16-18H2,1-4H3. The van der Waals surface area contributed by atoms with E-state index in [0.29, 0.717) is 19.7 Å². The summed E-state index contributed by atoms with van der Waals surface area (Å²) >= 11 is 0. The van der Waals surface area contributed by atoms with Gasteiger partial charge in [-0.2, -0.15) is 0 Å². The van der Waals surface area contributed by atoms with Gasteiger partial charge in [0.05, 0.1) is 37.8 Å². The van der Waals surface area contributed by atoms with Crippen LogP contribution in [-0.4, -0.2) is 56.0 Å². The van der Waals surface area contributed by atoms with Crippen LogP contribution in [0.25, 0.3) is 22.2 Å². The molecule has 1 aliphatic rings. The monoisotopic (exact) mass is 465 g/mol. The van der Waals surface area contributed by atoms with Gasteiger partial charge < -0.3 is 23.7 Å². The van der Waals surface area contributed by atoms with Crippen molar-refractivity contribution in [3.8, 4) is 11.3 Å². The van der Waals surface area contributed by atoms with E-state index in [1.165, 1.54) is 22.2 Å². The number of ether oxygens (including phenoxy) is 3. The molecule has 0 aliphatic carbocycles. The maximum Gasteiger partial charge on any atom is 0.293 e. The van der Waals surface area contributed by atoms with Crippen LogP contribution in [0, 0.1) is 5.41 Å². The third-order valence-corrected chi connectivity index (χ3v) is 6.47. The van der Waals surface area contributed by atoms with Crippen LogP contribution < -0.4 is 4.90 Å². The first-order valence-corrected chi connectivity index (χ1v) is 12.0. The van der Waals surface area contributed by atoms with Gasteiger partial charge >= 0.3 is 0 Å². The van der Waals surface area contributed by atoms with E-state index < -0.39 is 0 Å². The summed E-state index contributed by atoms with van der Waals surface area (Å²) in [7, 11) is 1.70. The Hall–Kier alpha value is -2.90. The number of rotatable bonds is 10. The number of methoxy groups -OCH3 is 1. The van der Waals surface area contributed by atoms with Crippen molar-refractivity contribution in [2.45, 2.75) is 40.3 Å². The highest BCUT2D eigenvalue weighted by Crippen LogP contribution is 2.40. The van der Waals surface area contributed by atoms with Gasteiger partial charge in [-0.05, 0) is 49.2 Å². The predicted molar refractivity (Wildman–Crippen MR) is 134 cm³/mol.